The lowest BCUT2D eigenvalue weighted by Gasteiger charge is -2.29. The normalized spacial score (nSPS) is 11.5. The number of quaternary nitrogens is 1. The van der Waals surface area contributed by atoms with Crippen LogP contribution in [0.3, 0.4) is 0 Å². The summed E-state index contributed by atoms with van der Waals surface area (Å²) < 4.78 is 12.2. The molecule has 0 unspecified atom stereocenters. The number of hydrogen-bond donors (Lipinski definition) is 0. The Hall–Kier alpha value is -2.33. The van der Waals surface area contributed by atoms with E-state index in [4.69, 9.17) is 9.47 Å². The molecule has 0 amide bonds. The number of ether oxygens (including phenoxy) is 2. The van der Waals surface area contributed by atoms with Gasteiger partial charge in [0.25, 0.3) is 0 Å². The van der Waals surface area contributed by atoms with E-state index in [-0.39, 0.29) is 5.97 Å². The topological polar surface area (TPSA) is 35.5 Å². The zero-order valence-electron chi connectivity index (χ0n) is 26.7. The van der Waals surface area contributed by atoms with Crippen molar-refractivity contribution >= 4 is 5.97 Å². The number of nitrogens with zero attached hydrogens (tertiary/aromatic N) is 1. The first-order chi connectivity index (χ1) is 20.0. The molecule has 4 heteroatoms. The van der Waals surface area contributed by atoms with Gasteiger partial charge in [0.15, 0.2) is 0 Å². The Morgan fingerprint density at radius 2 is 1.22 bits per heavy atom. The summed E-state index contributed by atoms with van der Waals surface area (Å²) in [5.41, 5.74) is 2.73. The number of carbonyl (C=O) groups excluding carboxylic acids is 1. The summed E-state index contributed by atoms with van der Waals surface area (Å²) in [6.45, 7) is 5.34. The lowest BCUT2D eigenvalue weighted by molar-refractivity contribution is -0.903. The first-order valence-corrected chi connectivity index (χ1v) is 16.7. The maximum Gasteiger partial charge on any atom is 0.306 e. The second-order valence-electron chi connectivity index (χ2n) is 12.5. The molecule has 0 atom stereocenters. The third-order valence-corrected chi connectivity index (χ3v) is 7.91. The van der Waals surface area contributed by atoms with Gasteiger partial charge in [0.1, 0.15) is 12.3 Å². The molecule has 2 rings (SSSR count). The van der Waals surface area contributed by atoms with Gasteiger partial charge in [-0.2, -0.15) is 0 Å². The van der Waals surface area contributed by atoms with Gasteiger partial charge in [-0.3, -0.25) is 4.79 Å². The fraction of sp³-hybridized carbons (Fsp3) is 0.649. The highest BCUT2D eigenvalue weighted by atomic mass is 16.5. The lowest BCUT2D eigenvalue weighted by atomic mass is 10.0. The number of unbranched alkanes of at least 4 members (excludes halogenated alkanes) is 12. The summed E-state index contributed by atoms with van der Waals surface area (Å²) >= 11 is 0. The summed E-state index contributed by atoms with van der Waals surface area (Å²) in [5, 5.41) is 0. The van der Waals surface area contributed by atoms with Crippen molar-refractivity contribution in [1.29, 1.82) is 0 Å². The van der Waals surface area contributed by atoms with Crippen molar-refractivity contribution < 1.29 is 18.8 Å². The van der Waals surface area contributed by atoms with Crippen LogP contribution in [0.25, 0.3) is 0 Å². The van der Waals surface area contributed by atoms with Crippen molar-refractivity contribution in [2.45, 2.75) is 123 Å². The van der Waals surface area contributed by atoms with Crippen LogP contribution < -0.4 is 4.74 Å². The third-order valence-electron chi connectivity index (χ3n) is 7.91. The fourth-order valence-corrected chi connectivity index (χ4v) is 5.38. The zero-order chi connectivity index (χ0) is 29.4. The van der Waals surface area contributed by atoms with Crippen LogP contribution >= 0.6 is 0 Å². The van der Waals surface area contributed by atoms with Gasteiger partial charge in [-0.25, -0.2) is 0 Å². The number of rotatable bonds is 25. The van der Waals surface area contributed by atoms with Gasteiger partial charge in [0.2, 0.25) is 0 Å². The predicted molar refractivity (Wildman–Crippen MR) is 173 cm³/mol. The molecule has 0 heterocycles. The molecule has 2 aromatic carbocycles. The Balaban J connectivity index is 1.40. The Labute approximate surface area is 252 Å². The van der Waals surface area contributed by atoms with Crippen LogP contribution in [-0.2, 0) is 22.5 Å². The van der Waals surface area contributed by atoms with Crippen LogP contribution in [0, 0.1) is 0 Å². The summed E-state index contributed by atoms with van der Waals surface area (Å²) in [7, 11) is 4.43. The molecule has 41 heavy (non-hydrogen) atoms. The highest BCUT2D eigenvalue weighted by molar-refractivity contribution is 5.69. The summed E-state index contributed by atoms with van der Waals surface area (Å²) in [4.78, 5) is 12.1. The molecule has 0 aliphatic carbocycles. The summed E-state index contributed by atoms with van der Waals surface area (Å²) in [5.74, 6) is 0.839. The van der Waals surface area contributed by atoms with Crippen molar-refractivity contribution in [3.63, 3.8) is 0 Å². The average molecular weight is 567 g/mol. The predicted octanol–water partition coefficient (Wildman–Crippen LogP) is 9.69. The molecule has 0 bridgehead atoms. The number of esters is 1. The Kier molecular flexibility index (Phi) is 19.0. The average Bonchev–Trinajstić information content (AvgIpc) is 2.96. The van der Waals surface area contributed by atoms with Gasteiger partial charge in [-0.05, 0) is 43.4 Å². The highest BCUT2D eigenvalue weighted by Gasteiger charge is 2.16. The first-order valence-electron chi connectivity index (χ1n) is 16.7. The number of carbonyl (C=O) groups is 1. The maximum atomic E-state index is 12.1. The molecule has 0 N–H and O–H groups in total. The maximum absolute atomic E-state index is 12.1. The van der Waals surface area contributed by atoms with E-state index >= 15 is 0 Å². The van der Waals surface area contributed by atoms with E-state index < -0.39 is 0 Å². The molecule has 0 spiro atoms. The van der Waals surface area contributed by atoms with Crippen molar-refractivity contribution in [3.05, 3.63) is 65.7 Å². The van der Waals surface area contributed by atoms with Crippen LogP contribution in [0.1, 0.15) is 121 Å². The van der Waals surface area contributed by atoms with Gasteiger partial charge in [-0.1, -0.05) is 120 Å². The number of benzene rings is 2. The number of hydrogen-bond acceptors (Lipinski definition) is 3. The minimum atomic E-state index is -0.0885. The number of aryl methyl sites for hydroxylation is 1. The summed E-state index contributed by atoms with van der Waals surface area (Å²) in [6.07, 6.45) is 20.9. The Morgan fingerprint density at radius 3 is 1.85 bits per heavy atom. The zero-order valence-corrected chi connectivity index (χ0v) is 26.7. The van der Waals surface area contributed by atoms with Gasteiger partial charge < -0.3 is 14.0 Å². The van der Waals surface area contributed by atoms with Crippen molar-refractivity contribution in [3.8, 4) is 5.75 Å². The quantitative estimate of drug-likeness (QED) is 0.0682. The standard InChI is InChI=1S/C37H60NO3/c1-4-5-6-7-8-9-10-11-12-13-14-16-22-34-26-28-36(29-27-34)40-31-19-20-32-41-37(39)25-21-30-38(2,3)33-35-23-17-15-18-24-35/h15,17-18,23-24,26-29H,4-14,16,19-22,25,30-33H2,1-3H3/q+1. The smallest absolute Gasteiger partial charge is 0.306 e. The molecule has 230 valence electrons. The molecule has 4 nitrogen and oxygen atoms in total. The molecule has 0 saturated heterocycles. The molecule has 2 aromatic rings. The van der Waals surface area contributed by atoms with E-state index in [1.165, 1.54) is 88.2 Å². The van der Waals surface area contributed by atoms with Crippen molar-refractivity contribution in [2.75, 3.05) is 33.9 Å². The van der Waals surface area contributed by atoms with Gasteiger partial charge in [0, 0.05) is 12.0 Å². The SMILES string of the molecule is CCCCCCCCCCCCCCc1ccc(OCCCCOC(=O)CCC[N+](C)(C)Cc2ccccc2)cc1. The van der Waals surface area contributed by atoms with Gasteiger partial charge in [-0.15, -0.1) is 0 Å². The van der Waals surface area contributed by atoms with Crippen LogP contribution in [0.15, 0.2) is 54.6 Å². The molecule has 0 aromatic heterocycles. The van der Waals surface area contributed by atoms with E-state index in [1.54, 1.807) is 0 Å². The fourth-order valence-electron chi connectivity index (χ4n) is 5.38. The molecular weight excluding hydrogens is 506 g/mol. The second kappa shape index (κ2) is 22.3. The molecule has 0 radical (unpaired) electrons. The van der Waals surface area contributed by atoms with Crippen molar-refractivity contribution in [1.82, 2.24) is 0 Å². The van der Waals surface area contributed by atoms with Crippen LogP contribution in [0.4, 0.5) is 0 Å². The first kappa shape index (κ1) is 34.9. The van der Waals surface area contributed by atoms with E-state index in [2.05, 4.69) is 69.6 Å². The van der Waals surface area contributed by atoms with E-state index in [9.17, 15) is 4.79 Å². The van der Waals surface area contributed by atoms with Gasteiger partial charge >= 0.3 is 5.97 Å². The molecule has 0 aliphatic rings. The molecule has 0 saturated carbocycles. The highest BCUT2D eigenvalue weighted by Crippen LogP contribution is 2.17. The van der Waals surface area contributed by atoms with E-state index in [0.29, 0.717) is 19.6 Å². The molecule has 0 fully saturated rings. The second-order valence-corrected chi connectivity index (χ2v) is 12.5. The summed E-state index contributed by atoms with van der Waals surface area (Å²) in [6, 6.07) is 19.1. The van der Waals surface area contributed by atoms with E-state index in [1.807, 2.05) is 6.07 Å². The molecular formula is C37H60NO3+. The van der Waals surface area contributed by atoms with Crippen molar-refractivity contribution in [2.24, 2.45) is 0 Å². The minimum absolute atomic E-state index is 0.0885. The largest absolute Gasteiger partial charge is 0.494 e. The van der Waals surface area contributed by atoms with Crippen LogP contribution in [-0.4, -0.2) is 44.3 Å². The Morgan fingerprint density at radius 1 is 0.634 bits per heavy atom. The minimum Gasteiger partial charge on any atom is -0.494 e. The van der Waals surface area contributed by atoms with Crippen LogP contribution in [0.5, 0.6) is 5.75 Å². The third kappa shape index (κ3) is 18.7. The van der Waals surface area contributed by atoms with E-state index in [0.717, 1.165) is 49.0 Å². The monoisotopic (exact) mass is 566 g/mol. The molecule has 0 aliphatic heterocycles. The van der Waals surface area contributed by atoms with Gasteiger partial charge in [0.05, 0.1) is 40.3 Å². The lowest BCUT2D eigenvalue weighted by Crippen LogP contribution is -2.39. The Bertz CT molecular complexity index is 894. The van der Waals surface area contributed by atoms with Crippen LogP contribution in [0.2, 0.25) is 0 Å².